The molecule has 2 atom stereocenters. The highest BCUT2D eigenvalue weighted by molar-refractivity contribution is 5.93. The van der Waals surface area contributed by atoms with Gasteiger partial charge < -0.3 is 18.8 Å². The average molecular weight is 316 g/mol. The third-order valence-electron chi connectivity index (χ3n) is 4.10. The fraction of sp³-hybridized carbons (Fsp3) is 0.412. The summed E-state index contributed by atoms with van der Waals surface area (Å²) in [5, 5.41) is 0. The third-order valence-corrected chi connectivity index (χ3v) is 4.10. The van der Waals surface area contributed by atoms with Crippen LogP contribution in [0.25, 0.3) is 0 Å². The van der Waals surface area contributed by atoms with Gasteiger partial charge in [-0.3, -0.25) is 9.78 Å². The lowest BCUT2D eigenvalue weighted by Crippen LogP contribution is -2.39. The van der Waals surface area contributed by atoms with Crippen molar-refractivity contribution in [1.29, 1.82) is 0 Å². The minimum Gasteiger partial charge on any atom is -0.490 e. The van der Waals surface area contributed by atoms with Gasteiger partial charge >= 0.3 is 0 Å². The van der Waals surface area contributed by atoms with Crippen LogP contribution in [-0.4, -0.2) is 48.2 Å². The zero-order valence-electron chi connectivity index (χ0n) is 13.3. The molecular formula is C17H20N2O4. The monoisotopic (exact) mass is 316 g/mol. The molecule has 0 saturated carbocycles. The SMILES string of the molecule is CO[C@@H]1C[C@@H](COc2cccnc2)N(C(=O)c2occc2C)C1. The second kappa shape index (κ2) is 6.83. The smallest absolute Gasteiger partial charge is 0.290 e. The van der Waals surface area contributed by atoms with Gasteiger partial charge in [-0.05, 0) is 31.5 Å². The van der Waals surface area contributed by atoms with Gasteiger partial charge in [0, 0.05) is 25.4 Å². The predicted molar refractivity (Wildman–Crippen MR) is 83.4 cm³/mol. The Morgan fingerprint density at radius 1 is 1.48 bits per heavy atom. The predicted octanol–water partition coefficient (Wildman–Crippen LogP) is 2.29. The number of aromatic nitrogens is 1. The van der Waals surface area contributed by atoms with Crippen LogP contribution in [0.1, 0.15) is 22.5 Å². The Labute approximate surface area is 135 Å². The standard InChI is InChI=1S/C17H20N2O4/c1-12-5-7-22-16(12)17(20)19-10-15(21-2)8-13(19)11-23-14-4-3-6-18-9-14/h3-7,9,13,15H,8,10-11H2,1-2H3/t13-,15+/m0/s1. The summed E-state index contributed by atoms with van der Waals surface area (Å²) in [4.78, 5) is 18.5. The highest BCUT2D eigenvalue weighted by Gasteiger charge is 2.37. The molecule has 1 aliphatic heterocycles. The number of rotatable bonds is 5. The first-order valence-electron chi connectivity index (χ1n) is 7.59. The van der Waals surface area contributed by atoms with Gasteiger partial charge in [0.05, 0.1) is 24.6 Å². The number of ether oxygens (including phenoxy) is 2. The molecule has 1 amide bonds. The van der Waals surface area contributed by atoms with Crippen LogP contribution in [0.5, 0.6) is 5.75 Å². The van der Waals surface area contributed by atoms with E-state index in [-0.39, 0.29) is 18.1 Å². The van der Waals surface area contributed by atoms with Gasteiger partial charge in [0.15, 0.2) is 5.76 Å². The molecule has 23 heavy (non-hydrogen) atoms. The van der Waals surface area contributed by atoms with E-state index in [2.05, 4.69) is 4.98 Å². The van der Waals surface area contributed by atoms with E-state index in [9.17, 15) is 4.79 Å². The molecule has 122 valence electrons. The largest absolute Gasteiger partial charge is 0.490 e. The molecule has 0 N–H and O–H groups in total. The molecular weight excluding hydrogens is 296 g/mol. The quantitative estimate of drug-likeness (QED) is 0.847. The maximum Gasteiger partial charge on any atom is 0.290 e. The van der Waals surface area contributed by atoms with E-state index in [1.165, 1.54) is 6.26 Å². The summed E-state index contributed by atoms with van der Waals surface area (Å²) in [6, 6.07) is 5.39. The summed E-state index contributed by atoms with van der Waals surface area (Å²) in [5.74, 6) is 0.954. The number of carbonyl (C=O) groups is 1. The lowest BCUT2D eigenvalue weighted by molar-refractivity contribution is 0.0626. The molecule has 2 aromatic heterocycles. The van der Waals surface area contributed by atoms with Crippen molar-refractivity contribution in [2.24, 2.45) is 0 Å². The molecule has 3 rings (SSSR count). The Balaban J connectivity index is 1.71. The number of pyridine rings is 1. The Morgan fingerprint density at radius 3 is 3.00 bits per heavy atom. The minimum atomic E-state index is -0.119. The first-order valence-corrected chi connectivity index (χ1v) is 7.59. The number of amides is 1. The lowest BCUT2D eigenvalue weighted by atomic mass is 10.2. The van der Waals surface area contributed by atoms with E-state index in [1.807, 2.05) is 19.1 Å². The van der Waals surface area contributed by atoms with Crippen LogP contribution in [0.4, 0.5) is 0 Å². The van der Waals surface area contributed by atoms with Crippen molar-refractivity contribution in [1.82, 2.24) is 9.88 Å². The highest BCUT2D eigenvalue weighted by Crippen LogP contribution is 2.24. The molecule has 2 aromatic rings. The fourth-order valence-corrected chi connectivity index (χ4v) is 2.80. The van der Waals surface area contributed by atoms with Crippen molar-refractivity contribution in [2.45, 2.75) is 25.5 Å². The van der Waals surface area contributed by atoms with Gasteiger partial charge in [0.1, 0.15) is 12.4 Å². The van der Waals surface area contributed by atoms with Crippen molar-refractivity contribution in [3.8, 4) is 5.75 Å². The summed E-state index contributed by atoms with van der Waals surface area (Å²) in [6.45, 7) is 2.80. The van der Waals surface area contributed by atoms with Gasteiger partial charge in [-0.25, -0.2) is 0 Å². The van der Waals surface area contributed by atoms with Gasteiger partial charge in [0.25, 0.3) is 5.91 Å². The van der Waals surface area contributed by atoms with E-state index in [0.29, 0.717) is 24.7 Å². The van der Waals surface area contributed by atoms with Gasteiger partial charge in [-0.2, -0.15) is 0 Å². The fourth-order valence-electron chi connectivity index (χ4n) is 2.80. The summed E-state index contributed by atoms with van der Waals surface area (Å²) in [5.41, 5.74) is 0.836. The average Bonchev–Trinajstić information content (AvgIpc) is 3.19. The zero-order valence-corrected chi connectivity index (χ0v) is 13.3. The van der Waals surface area contributed by atoms with Gasteiger partial charge in [-0.1, -0.05) is 0 Å². The van der Waals surface area contributed by atoms with Crippen LogP contribution in [0.3, 0.4) is 0 Å². The van der Waals surface area contributed by atoms with Gasteiger partial charge in [-0.15, -0.1) is 0 Å². The number of carbonyl (C=O) groups excluding carboxylic acids is 1. The lowest BCUT2D eigenvalue weighted by Gasteiger charge is -2.23. The molecule has 0 aliphatic carbocycles. The molecule has 0 aromatic carbocycles. The van der Waals surface area contributed by atoms with Crippen molar-refractivity contribution in [3.63, 3.8) is 0 Å². The third kappa shape index (κ3) is 3.37. The van der Waals surface area contributed by atoms with E-state index < -0.39 is 0 Å². The van der Waals surface area contributed by atoms with E-state index in [1.54, 1.807) is 30.5 Å². The number of furan rings is 1. The minimum absolute atomic E-state index is 0.0108. The normalized spacial score (nSPS) is 20.7. The molecule has 6 nitrogen and oxygen atoms in total. The summed E-state index contributed by atoms with van der Waals surface area (Å²) in [6.07, 6.45) is 5.64. The highest BCUT2D eigenvalue weighted by atomic mass is 16.5. The topological polar surface area (TPSA) is 64.8 Å². The zero-order chi connectivity index (χ0) is 16.2. The molecule has 0 spiro atoms. The number of hydrogen-bond donors (Lipinski definition) is 0. The maximum atomic E-state index is 12.7. The van der Waals surface area contributed by atoms with Crippen LogP contribution < -0.4 is 4.74 Å². The first kappa shape index (κ1) is 15.6. The summed E-state index contributed by atoms with van der Waals surface area (Å²) < 4.78 is 16.5. The Hall–Kier alpha value is -2.34. The number of likely N-dealkylation sites (tertiary alicyclic amines) is 1. The van der Waals surface area contributed by atoms with Gasteiger partial charge in [0.2, 0.25) is 0 Å². The Bertz CT molecular complexity index is 656. The maximum absolute atomic E-state index is 12.7. The summed E-state index contributed by atoms with van der Waals surface area (Å²) >= 11 is 0. The van der Waals surface area contributed by atoms with Crippen LogP contribution in [0, 0.1) is 6.92 Å². The second-order valence-electron chi connectivity index (χ2n) is 5.64. The summed E-state index contributed by atoms with van der Waals surface area (Å²) in [7, 11) is 1.66. The van der Waals surface area contributed by atoms with Crippen LogP contribution >= 0.6 is 0 Å². The van der Waals surface area contributed by atoms with Crippen molar-refractivity contribution >= 4 is 5.91 Å². The number of nitrogens with zero attached hydrogens (tertiary/aromatic N) is 2. The molecule has 6 heteroatoms. The second-order valence-corrected chi connectivity index (χ2v) is 5.64. The van der Waals surface area contributed by atoms with Crippen LogP contribution in [-0.2, 0) is 4.74 Å². The molecule has 3 heterocycles. The number of hydrogen-bond acceptors (Lipinski definition) is 5. The first-order chi connectivity index (χ1) is 11.2. The van der Waals surface area contributed by atoms with Crippen molar-refractivity contribution < 1.29 is 18.7 Å². The Morgan fingerprint density at radius 2 is 2.35 bits per heavy atom. The number of aryl methyl sites for hydroxylation is 1. The molecule has 0 unspecified atom stereocenters. The Kier molecular flexibility index (Phi) is 4.62. The molecule has 0 bridgehead atoms. The molecule has 0 radical (unpaired) electrons. The van der Waals surface area contributed by atoms with Crippen molar-refractivity contribution in [3.05, 3.63) is 48.2 Å². The van der Waals surface area contributed by atoms with E-state index in [0.717, 1.165) is 12.0 Å². The van der Waals surface area contributed by atoms with E-state index in [4.69, 9.17) is 13.9 Å². The van der Waals surface area contributed by atoms with Crippen LogP contribution in [0.2, 0.25) is 0 Å². The van der Waals surface area contributed by atoms with Crippen molar-refractivity contribution in [2.75, 3.05) is 20.3 Å². The molecule has 1 saturated heterocycles. The molecule has 1 aliphatic rings. The van der Waals surface area contributed by atoms with E-state index >= 15 is 0 Å². The number of methoxy groups -OCH3 is 1. The molecule has 1 fully saturated rings. The van der Waals surface area contributed by atoms with Crippen LogP contribution in [0.15, 0.2) is 41.3 Å².